The van der Waals surface area contributed by atoms with Gasteiger partial charge in [-0.2, -0.15) is 0 Å². The number of allylic oxidation sites excluding steroid dienone is 1. The molecule has 8 nitrogen and oxygen atoms in total. The lowest BCUT2D eigenvalue weighted by molar-refractivity contribution is -0.113. The largest absolute Gasteiger partial charge is 0.497 e. The molecule has 0 saturated heterocycles. The summed E-state index contributed by atoms with van der Waals surface area (Å²) in [5.74, 6) is -0.376. The average Bonchev–Trinajstić information content (AvgIpc) is 3.22. The highest BCUT2D eigenvalue weighted by Crippen LogP contribution is 2.30. The molecule has 1 amide bonds. The topological polar surface area (TPSA) is 87.5 Å². The van der Waals surface area contributed by atoms with Crippen molar-refractivity contribution in [2.24, 2.45) is 0 Å². The van der Waals surface area contributed by atoms with Gasteiger partial charge in [0.25, 0.3) is 0 Å². The van der Waals surface area contributed by atoms with E-state index in [2.05, 4.69) is 22.1 Å². The van der Waals surface area contributed by atoms with Gasteiger partial charge in [0.2, 0.25) is 5.91 Å². The number of nitrogens with one attached hydrogen (secondary N) is 1. The van der Waals surface area contributed by atoms with Crippen molar-refractivity contribution in [3.8, 4) is 17.2 Å². The van der Waals surface area contributed by atoms with Gasteiger partial charge in [-0.15, -0.1) is 16.8 Å². The number of aromatic nitrogens is 3. The van der Waals surface area contributed by atoms with E-state index >= 15 is 0 Å². The maximum Gasteiger partial charge on any atom is 0.234 e. The van der Waals surface area contributed by atoms with Crippen LogP contribution in [0.3, 0.4) is 0 Å². The Morgan fingerprint density at radius 1 is 1.18 bits per heavy atom. The summed E-state index contributed by atoms with van der Waals surface area (Å²) >= 11 is 1.17. The number of halogens is 2. The van der Waals surface area contributed by atoms with E-state index in [1.165, 1.54) is 24.9 Å². The lowest BCUT2D eigenvalue weighted by atomic mass is 10.2. The molecule has 0 aliphatic heterocycles. The third-order valence-corrected chi connectivity index (χ3v) is 5.60. The zero-order valence-electron chi connectivity index (χ0n) is 18.9. The maximum atomic E-state index is 14.0. The number of methoxy groups -OCH3 is 2. The number of thioether (sulfide) groups is 1. The summed E-state index contributed by atoms with van der Waals surface area (Å²) < 4.78 is 44.9. The fourth-order valence-corrected chi connectivity index (χ4v) is 3.80. The summed E-state index contributed by atoms with van der Waals surface area (Å²) in [6.07, 6.45) is 0.948. The molecule has 0 spiro atoms. The van der Waals surface area contributed by atoms with Crippen LogP contribution in [0, 0.1) is 11.6 Å². The zero-order valence-corrected chi connectivity index (χ0v) is 19.7. The lowest BCUT2D eigenvalue weighted by Crippen LogP contribution is -2.16. The van der Waals surface area contributed by atoms with Crippen LogP contribution in [0.15, 0.2) is 54.2 Å². The molecule has 1 unspecified atom stereocenters. The number of ether oxygens (including phenoxy) is 3. The van der Waals surface area contributed by atoms with Gasteiger partial charge in [0.05, 0.1) is 25.7 Å². The van der Waals surface area contributed by atoms with Crippen LogP contribution in [0.5, 0.6) is 17.2 Å². The number of nitrogens with zero attached hydrogens (tertiary/aromatic N) is 3. The first-order valence-electron chi connectivity index (χ1n) is 10.2. The number of carbonyl (C=O) groups is 1. The third kappa shape index (κ3) is 6.04. The molecule has 1 N–H and O–H groups in total. The summed E-state index contributed by atoms with van der Waals surface area (Å²) in [5.41, 5.74) is 0.505. The molecule has 0 fully saturated rings. The van der Waals surface area contributed by atoms with E-state index in [1.807, 2.05) is 0 Å². The van der Waals surface area contributed by atoms with Gasteiger partial charge >= 0.3 is 0 Å². The Balaban J connectivity index is 1.69. The van der Waals surface area contributed by atoms with Gasteiger partial charge < -0.3 is 19.5 Å². The number of hydrogen-bond acceptors (Lipinski definition) is 7. The molecule has 0 aliphatic rings. The Kier molecular flexibility index (Phi) is 8.47. The second-order valence-electron chi connectivity index (χ2n) is 6.98. The minimum atomic E-state index is -0.818. The molecule has 34 heavy (non-hydrogen) atoms. The first-order chi connectivity index (χ1) is 16.4. The quantitative estimate of drug-likeness (QED) is 0.310. The van der Waals surface area contributed by atoms with E-state index in [0.29, 0.717) is 34.7 Å². The van der Waals surface area contributed by atoms with Crippen molar-refractivity contribution < 1.29 is 27.8 Å². The molecule has 3 aromatic rings. The molecule has 0 saturated carbocycles. The summed E-state index contributed by atoms with van der Waals surface area (Å²) in [6, 6.07) is 8.13. The number of anilines is 1. The molecule has 2 aromatic carbocycles. The van der Waals surface area contributed by atoms with Gasteiger partial charge in [0.15, 0.2) is 28.7 Å². The molecule has 0 aliphatic carbocycles. The maximum absolute atomic E-state index is 14.0. The molecule has 1 aromatic heterocycles. The van der Waals surface area contributed by atoms with Crippen molar-refractivity contribution in [3.63, 3.8) is 0 Å². The van der Waals surface area contributed by atoms with Gasteiger partial charge in [-0.05, 0) is 31.2 Å². The Labute approximate surface area is 199 Å². The highest BCUT2D eigenvalue weighted by molar-refractivity contribution is 7.99. The Morgan fingerprint density at radius 3 is 2.65 bits per heavy atom. The van der Waals surface area contributed by atoms with Crippen molar-refractivity contribution in [3.05, 3.63) is 66.5 Å². The molecule has 3 rings (SSSR count). The minimum Gasteiger partial charge on any atom is -0.497 e. The highest BCUT2D eigenvalue weighted by atomic mass is 32.2. The average molecular weight is 491 g/mol. The number of hydrogen-bond donors (Lipinski definition) is 1. The van der Waals surface area contributed by atoms with E-state index < -0.39 is 17.7 Å². The number of carbonyl (C=O) groups excluding carboxylic acids is 1. The summed E-state index contributed by atoms with van der Waals surface area (Å²) in [4.78, 5) is 12.5. The molecule has 0 bridgehead atoms. The van der Waals surface area contributed by atoms with E-state index in [1.54, 1.807) is 42.9 Å². The minimum absolute atomic E-state index is 0.0479. The van der Waals surface area contributed by atoms with E-state index in [0.717, 1.165) is 12.1 Å². The fourth-order valence-electron chi connectivity index (χ4n) is 3.04. The summed E-state index contributed by atoms with van der Waals surface area (Å²) in [7, 11) is 3.04. The van der Waals surface area contributed by atoms with Gasteiger partial charge in [0.1, 0.15) is 17.3 Å². The van der Waals surface area contributed by atoms with Crippen molar-refractivity contribution in [2.75, 3.05) is 25.3 Å². The van der Waals surface area contributed by atoms with Crippen molar-refractivity contribution in [1.82, 2.24) is 14.8 Å². The van der Waals surface area contributed by atoms with E-state index in [4.69, 9.17) is 14.2 Å². The van der Waals surface area contributed by atoms with E-state index in [-0.39, 0.29) is 17.4 Å². The lowest BCUT2D eigenvalue weighted by Gasteiger charge is -2.16. The molecule has 11 heteroatoms. The number of rotatable bonds is 11. The first kappa shape index (κ1) is 25.0. The Morgan fingerprint density at radius 2 is 1.97 bits per heavy atom. The van der Waals surface area contributed by atoms with Crippen molar-refractivity contribution >= 4 is 23.4 Å². The fraction of sp³-hybridized carbons (Fsp3) is 0.261. The van der Waals surface area contributed by atoms with Crippen LogP contribution in [0.25, 0.3) is 0 Å². The standard InChI is InChI=1S/C23H24F2N4O4S/c1-5-10-29-22(14(2)33-19-9-6-15(24)11-17(19)25)27-28-23(29)34-13-21(30)26-18-8-7-16(31-3)12-20(18)32-4/h5-9,11-12,14H,1,10,13H2,2-4H3,(H,26,30). The predicted octanol–water partition coefficient (Wildman–Crippen LogP) is 4.63. The van der Waals surface area contributed by atoms with Crippen LogP contribution < -0.4 is 19.5 Å². The molecule has 1 heterocycles. The van der Waals surface area contributed by atoms with Gasteiger partial charge in [-0.1, -0.05) is 17.8 Å². The summed E-state index contributed by atoms with van der Waals surface area (Å²) in [6.45, 7) is 5.75. The number of benzene rings is 2. The molecular weight excluding hydrogens is 466 g/mol. The smallest absolute Gasteiger partial charge is 0.234 e. The van der Waals surface area contributed by atoms with Gasteiger partial charge in [-0.3, -0.25) is 9.36 Å². The van der Waals surface area contributed by atoms with Crippen molar-refractivity contribution in [1.29, 1.82) is 0 Å². The van der Waals surface area contributed by atoms with Crippen LogP contribution in [-0.2, 0) is 11.3 Å². The van der Waals surface area contributed by atoms with Crippen LogP contribution in [-0.4, -0.2) is 40.6 Å². The highest BCUT2D eigenvalue weighted by Gasteiger charge is 2.21. The monoisotopic (exact) mass is 490 g/mol. The Bertz CT molecular complexity index is 1170. The first-order valence-corrected chi connectivity index (χ1v) is 11.1. The van der Waals surface area contributed by atoms with Crippen LogP contribution in [0.4, 0.5) is 14.5 Å². The zero-order chi connectivity index (χ0) is 24.7. The molecule has 180 valence electrons. The molecular formula is C23H24F2N4O4S. The second-order valence-corrected chi connectivity index (χ2v) is 7.92. The van der Waals surface area contributed by atoms with Crippen LogP contribution in [0.1, 0.15) is 18.9 Å². The second kappa shape index (κ2) is 11.5. The Hall–Kier alpha value is -3.60. The predicted molar refractivity (Wildman–Crippen MR) is 125 cm³/mol. The normalized spacial score (nSPS) is 11.6. The number of amides is 1. The van der Waals surface area contributed by atoms with E-state index in [9.17, 15) is 13.6 Å². The van der Waals surface area contributed by atoms with Crippen molar-refractivity contribution in [2.45, 2.75) is 24.7 Å². The summed E-state index contributed by atoms with van der Waals surface area (Å²) in [5, 5.41) is 11.5. The third-order valence-electron chi connectivity index (χ3n) is 4.63. The van der Waals surface area contributed by atoms with Gasteiger partial charge in [0, 0.05) is 18.7 Å². The SMILES string of the molecule is C=CCn1c(SCC(=O)Nc2ccc(OC)cc2OC)nnc1C(C)Oc1ccc(F)cc1F. The van der Waals surface area contributed by atoms with Crippen LogP contribution in [0.2, 0.25) is 0 Å². The molecule has 0 radical (unpaired) electrons. The van der Waals surface area contributed by atoms with Gasteiger partial charge in [-0.25, -0.2) is 8.78 Å². The van der Waals surface area contributed by atoms with Crippen LogP contribution >= 0.6 is 11.8 Å². The molecule has 1 atom stereocenters.